The molecule has 3 heterocycles. The van der Waals surface area contributed by atoms with Gasteiger partial charge in [-0.1, -0.05) is 0 Å². The number of ether oxygens (including phenoxy) is 1. The van der Waals surface area contributed by atoms with Crippen LogP contribution in [0.5, 0.6) is 5.75 Å². The summed E-state index contributed by atoms with van der Waals surface area (Å²) in [6.45, 7) is 1.78. The molecule has 4 rings (SSSR count). The number of nitrogen functional groups attached to an aromatic ring is 1. The predicted molar refractivity (Wildman–Crippen MR) is 101 cm³/mol. The van der Waals surface area contributed by atoms with Crippen LogP contribution in [0.4, 0.5) is 10.2 Å². The highest BCUT2D eigenvalue weighted by molar-refractivity contribution is 5.83. The number of rotatable bonds is 4. The molecule has 8 heteroatoms. The van der Waals surface area contributed by atoms with Gasteiger partial charge in [0.15, 0.2) is 11.6 Å². The van der Waals surface area contributed by atoms with Gasteiger partial charge < -0.3 is 10.5 Å². The maximum Gasteiger partial charge on any atom is 0.166 e. The van der Waals surface area contributed by atoms with E-state index in [-0.39, 0.29) is 5.82 Å². The van der Waals surface area contributed by atoms with E-state index in [1.54, 1.807) is 49.6 Å². The molecule has 7 nitrogen and oxygen atoms in total. The molecule has 3 aromatic heterocycles. The van der Waals surface area contributed by atoms with Crippen LogP contribution in [0.15, 0.2) is 55.0 Å². The van der Waals surface area contributed by atoms with Gasteiger partial charge >= 0.3 is 0 Å². The molecular weight excluding hydrogens is 359 g/mol. The SMILES string of the molecule is C[C@H](Oc1cc2cc(C#N)ccc2nc1N)c1ncc(F)cc1-n1cccn1. The van der Waals surface area contributed by atoms with Crippen molar-refractivity contribution in [1.82, 2.24) is 19.7 Å². The summed E-state index contributed by atoms with van der Waals surface area (Å²) in [5.41, 5.74) is 8.18. The molecule has 28 heavy (non-hydrogen) atoms. The number of nitrogens with zero attached hydrogens (tertiary/aromatic N) is 5. The van der Waals surface area contributed by atoms with E-state index in [2.05, 4.69) is 21.1 Å². The summed E-state index contributed by atoms with van der Waals surface area (Å²) in [5.74, 6) is 0.0943. The van der Waals surface area contributed by atoms with Gasteiger partial charge in [-0.25, -0.2) is 14.1 Å². The van der Waals surface area contributed by atoms with Gasteiger partial charge in [0.25, 0.3) is 0 Å². The fraction of sp³-hybridized carbons (Fsp3) is 0.100. The number of anilines is 1. The highest BCUT2D eigenvalue weighted by Gasteiger charge is 2.18. The number of halogens is 1. The second-order valence-electron chi connectivity index (χ2n) is 6.16. The van der Waals surface area contributed by atoms with Crippen LogP contribution in [-0.4, -0.2) is 19.7 Å². The minimum atomic E-state index is -0.555. The smallest absolute Gasteiger partial charge is 0.166 e. The number of hydrogen-bond donors (Lipinski definition) is 1. The number of benzene rings is 1. The van der Waals surface area contributed by atoms with Crippen LogP contribution in [0.1, 0.15) is 24.3 Å². The lowest BCUT2D eigenvalue weighted by atomic mass is 10.1. The van der Waals surface area contributed by atoms with Crippen LogP contribution < -0.4 is 10.5 Å². The summed E-state index contributed by atoms with van der Waals surface area (Å²) in [6, 6.07) is 12.0. The van der Waals surface area contributed by atoms with E-state index in [9.17, 15) is 4.39 Å². The van der Waals surface area contributed by atoms with Crippen molar-refractivity contribution in [3.63, 3.8) is 0 Å². The van der Waals surface area contributed by atoms with Crippen molar-refractivity contribution in [3.8, 4) is 17.5 Å². The Balaban J connectivity index is 1.72. The van der Waals surface area contributed by atoms with Crippen molar-refractivity contribution < 1.29 is 9.13 Å². The Morgan fingerprint density at radius 2 is 2.14 bits per heavy atom. The summed E-state index contributed by atoms with van der Waals surface area (Å²) in [7, 11) is 0. The van der Waals surface area contributed by atoms with Crippen LogP contribution in [0.3, 0.4) is 0 Å². The molecule has 0 amide bonds. The Labute approximate surface area is 159 Å². The molecule has 0 fully saturated rings. The van der Waals surface area contributed by atoms with Gasteiger partial charge in [-0.05, 0) is 37.3 Å². The normalized spacial score (nSPS) is 11.9. The van der Waals surface area contributed by atoms with E-state index in [4.69, 9.17) is 15.7 Å². The second kappa shape index (κ2) is 6.96. The second-order valence-corrected chi connectivity index (χ2v) is 6.16. The molecule has 0 aliphatic heterocycles. The highest BCUT2D eigenvalue weighted by atomic mass is 19.1. The molecule has 0 saturated heterocycles. The zero-order valence-corrected chi connectivity index (χ0v) is 14.9. The van der Waals surface area contributed by atoms with E-state index in [0.29, 0.717) is 28.2 Å². The lowest BCUT2D eigenvalue weighted by Gasteiger charge is -2.18. The first kappa shape index (κ1) is 17.4. The summed E-state index contributed by atoms with van der Waals surface area (Å²) in [6.07, 6.45) is 3.87. The Morgan fingerprint density at radius 3 is 2.89 bits per heavy atom. The number of aromatic nitrogens is 4. The lowest BCUT2D eigenvalue weighted by molar-refractivity contribution is 0.222. The molecular formula is C20H15FN6O. The van der Waals surface area contributed by atoms with Crippen LogP contribution in [0.25, 0.3) is 16.6 Å². The molecule has 0 spiro atoms. The minimum Gasteiger partial charge on any atom is -0.480 e. The topological polar surface area (TPSA) is 103 Å². The fourth-order valence-electron chi connectivity index (χ4n) is 2.93. The quantitative estimate of drug-likeness (QED) is 0.586. The van der Waals surface area contributed by atoms with Crippen LogP contribution >= 0.6 is 0 Å². The van der Waals surface area contributed by atoms with E-state index in [1.165, 1.54) is 10.7 Å². The number of pyridine rings is 2. The summed E-state index contributed by atoms with van der Waals surface area (Å²) in [4.78, 5) is 8.51. The molecule has 0 aliphatic rings. The molecule has 0 radical (unpaired) electrons. The summed E-state index contributed by atoms with van der Waals surface area (Å²) >= 11 is 0. The molecule has 2 N–H and O–H groups in total. The van der Waals surface area contributed by atoms with Gasteiger partial charge in [-0.2, -0.15) is 10.4 Å². The fourth-order valence-corrected chi connectivity index (χ4v) is 2.93. The number of nitriles is 1. The van der Waals surface area contributed by atoms with Crippen LogP contribution in [0, 0.1) is 17.1 Å². The molecule has 1 atom stereocenters. The first-order chi connectivity index (χ1) is 13.5. The highest BCUT2D eigenvalue weighted by Crippen LogP contribution is 2.31. The number of hydrogen-bond acceptors (Lipinski definition) is 6. The van der Waals surface area contributed by atoms with E-state index in [1.807, 2.05) is 0 Å². The van der Waals surface area contributed by atoms with Gasteiger partial charge in [-0.15, -0.1) is 0 Å². The Bertz CT molecular complexity index is 1200. The Hall–Kier alpha value is -3.99. The van der Waals surface area contributed by atoms with Crippen molar-refractivity contribution in [2.24, 2.45) is 0 Å². The van der Waals surface area contributed by atoms with Crippen LogP contribution in [0.2, 0.25) is 0 Å². The van der Waals surface area contributed by atoms with Crippen LogP contribution in [-0.2, 0) is 0 Å². The zero-order valence-electron chi connectivity index (χ0n) is 14.9. The van der Waals surface area contributed by atoms with Gasteiger partial charge in [0.2, 0.25) is 0 Å². The molecule has 0 saturated carbocycles. The van der Waals surface area contributed by atoms with Gasteiger partial charge in [0, 0.05) is 23.8 Å². The van der Waals surface area contributed by atoms with Gasteiger partial charge in [0.05, 0.1) is 29.0 Å². The first-order valence-electron chi connectivity index (χ1n) is 8.47. The maximum atomic E-state index is 13.7. The van der Waals surface area contributed by atoms with E-state index in [0.717, 1.165) is 11.6 Å². The third kappa shape index (κ3) is 3.21. The lowest BCUT2D eigenvalue weighted by Crippen LogP contribution is -2.12. The molecule has 138 valence electrons. The maximum absolute atomic E-state index is 13.7. The molecule has 4 aromatic rings. The predicted octanol–water partition coefficient (Wildman–Crippen LogP) is 3.55. The minimum absolute atomic E-state index is 0.215. The molecule has 0 unspecified atom stereocenters. The van der Waals surface area contributed by atoms with E-state index < -0.39 is 11.9 Å². The average Bonchev–Trinajstić information content (AvgIpc) is 3.22. The first-order valence-corrected chi connectivity index (χ1v) is 8.47. The largest absolute Gasteiger partial charge is 0.480 e. The van der Waals surface area contributed by atoms with Crippen molar-refractivity contribution in [3.05, 3.63) is 72.1 Å². The summed E-state index contributed by atoms with van der Waals surface area (Å²) < 4.78 is 21.3. The standard InChI is InChI=1S/C20H15FN6O/c1-12(19-17(9-15(21)11-24-19)27-6-2-5-25-27)28-18-8-14-7-13(10-22)3-4-16(14)26-20(18)23/h2-9,11-12H,1H3,(H2,23,26)/t12-/m0/s1. The number of fused-ring (bicyclic) bond motifs is 1. The average molecular weight is 374 g/mol. The number of nitrogens with two attached hydrogens (primary N) is 1. The van der Waals surface area contributed by atoms with E-state index >= 15 is 0 Å². The zero-order chi connectivity index (χ0) is 19.7. The third-order valence-corrected chi connectivity index (χ3v) is 4.24. The monoisotopic (exact) mass is 374 g/mol. The third-order valence-electron chi connectivity index (χ3n) is 4.24. The Kier molecular flexibility index (Phi) is 4.33. The molecule has 0 bridgehead atoms. The van der Waals surface area contributed by atoms with Crippen molar-refractivity contribution >= 4 is 16.7 Å². The Morgan fingerprint density at radius 1 is 1.29 bits per heavy atom. The van der Waals surface area contributed by atoms with Gasteiger partial charge in [-0.3, -0.25) is 4.98 Å². The molecule has 0 aliphatic carbocycles. The van der Waals surface area contributed by atoms with Crippen molar-refractivity contribution in [1.29, 1.82) is 5.26 Å². The van der Waals surface area contributed by atoms with Crippen molar-refractivity contribution in [2.75, 3.05) is 5.73 Å². The summed E-state index contributed by atoms with van der Waals surface area (Å²) in [5, 5.41) is 14.0. The van der Waals surface area contributed by atoms with Crippen molar-refractivity contribution in [2.45, 2.75) is 13.0 Å². The molecule has 1 aromatic carbocycles. The van der Waals surface area contributed by atoms with Gasteiger partial charge in [0.1, 0.15) is 17.6 Å².